The molecule has 0 aromatic rings. The monoisotopic (exact) mass is 224 g/mol. The first kappa shape index (κ1) is 11.0. The lowest BCUT2D eigenvalue weighted by Crippen LogP contribution is -2.90. The lowest BCUT2D eigenvalue weighted by Gasteiger charge is -2.73. The van der Waals surface area contributed by atoms with Crippen molar-refractivity contribution in [2.45, 2.75) is 39.8 Å². The van der Waals surface area contributed by atoms with Gasteiger partial charge >= 0.3 is 0 Å². The zero-order valence-electron chi connectivity index (χ0n) is 11.9. The summed E-state index contributed by atoms with van der Waals surface area (Å²) in [5.41, 5.74) is 1.58. The quantitative estimate of drug-likeness (QED) is 0.553. The lowest BCUT2D eigenvalue weighted by atomic mass is 9.59. The molecule has 92 valence electrons. The zero-order valence-corrected chi connectivity index (χ0v) is 11.9. The van der Waals surface area contributed by atoms with E-state index in [2.05, 4.69) is 41.8 Å². The number of rotatable bonds is 0. The maximum atomic E-state index is 2.53. The van der Waals surface area contributed by atoms with Crippen LogP contribution in [0.3, 0.4) is 0 Å². The third-order valence-electron chi connectivity index (χ3n) is 6.42. The molecule has 4 bridgehead atoms. The summed E-state index contributed by atoms with van der Waals surface area (Å²) < 4.78 is 2.58. The van der Waals surface area contributed by atoms with E-state index >= 15 is 0 Å². The van der Waals surface area contributed by atoms with Crippen LogP contribution in [0.2, 0.25) is 0 Å². The van der Waals surface area contributed by atoms with Crippen LogP contribution in [0.25, 0.3) is 0 Å². The molecule has 2 nitrogen and oxygen atoms in total. The molecule has 0 aromatic carbocycles. The van der Waals surface area contributed by atoms with Crippen LogP contribution in [-0.4, -0.2) is 54.9 Å². The first-order chi connectivity index (χ1) is 7.04. The van der Waals surface area contributed by atoms with Crippen molar-refractivity contribution in [2.75, 3.05) is 40.3 Å². The Morgan fingerprint density at radius 3 is 1.31 bits per heavy atom. The normalized spacial score (nSPS) is 62.6. The fourth-order valence-corrected chi connectivity index (χ4v) is 6.19. The molecule has 4 saturated heterocycles. The average molecular weight is 224 g/mol. The van der Waals surface area contributed by atoms with E-state index in [1.165, 1.54) is 41.6 Å². The Hall–Kier alpha value is -0.0800. The molecule has 0 amide bonds. The maximum Gasteiger partial charge on any atom is 0.219 e. The second-order valence-corrected chi connectivity index (χ2v) is 8.72. The Kier molecular flexibility index (Phi) is 1.64. The number of quaternary nitrogens is 2. The largest absolute Gasteiger partial charge is 0.274 e. The topological polar surface area (TPSA) is 0 Å². The van der Waals surface area contributed by atoms with Crippen molar-refractivity contribution in [3.8, 4) is 0 Å². The minimum Gasteiger partial charge on any atom is -0.274 e. The van der Waals surface area contributed by atoms with E-state index in [0.717, 1.165) is 0 Å². The second-order valence-electron chi connectivity index (χ2n) is 8.72. The van der Waals surface area contributed by atoms with Crippen molar-refractivity contribution in [1.29, 1.82) is 0 Å². The van der Waals surface area contributed by atoms with E-state index in [0.29, 0.717) is 16.5 Å². The van der Waals surface area contributed by atoms with Gasteiger partial charge < -0.3 is 0 Å². The molecular weight excluding hydrogens is 196 g/mol. The summed E-state index contributed by atoms with van der Waals surface area (Å²) >= 11 is 0. The summed E-state index contributed by atoms with van der Waals surface area (Å²) in [6, 6.07) is 0. The number of hydrogen-bond donors (Lipinski definition) is 0. The Bertz CT molecular complexity index is 312. The summed E-state index contributed by atoms with van der Waals surface area (Å²) in [7, 11) is 5.01. The highest BCUT2D eigenvalue weighted by atomic mass is 15.6. The van der Waals surface area contributed by atoms with Gasteiger partial charge in [-0.3, -0.25) is 8.97 Å². The Morgan fingerprint density at radius 1 is 0.688 bits per heavy atom. The van der Waals surface area contributed by atoms with E-state index in [-0.39, 0.29) is 0 Å². The van der Waals surface area contributed by atoms with Crippen LogP contribution in [0.5, 0.6) is 0 Å². The molecule has 0 aliphatic carbocycles. The molecule has 0 N–H and O–H groups in total. The molecule has 4 fully saturated rings. The second kappa shape index (κ2) is 2.37. The molecule has 0 radical (unpaired) electrons. The van der Waals surface area contributed by atoms with Crippen molar-refractivity contribution in [1.82, 2.24) is 0 Å². The summed E-state index contributed by atoms with van der Waals surface area (Å²) in [5.74, 6) is 0. The Labute approximate surface area is 100 Å². The van der Waals surface area contributed by atoms with Gasteiger partial charge in [-0.15, -0.1) is 0 Å². The number of piperidine rings is 2. The van der Waals surface area contributed by atoms with E-state index in [9.17, 15) is 0 Å². The van der Waals surface area contributed by atoms with Crippen molar-refractivity contribution >= 4 is 0 Å². The predicted octanol–water partition coefficient (Wildman–Crippen LogP) is 2.06. The first-order valence-electron chi connectivity index (χ1n) is 6.73. The third-order valence-corrected chi connectivity index (χ3v) is 6.42. The van der Waals surface area contributed by atoms with Crippen molar-refractivity contribution in [3.63, 3.8) is 0 Å². The molecule has 4 aliphatic heterocycles. The van der Waals surface area contributed by atoms with Gasteiger partial charge in [-0.2, -0.15) is 0 Å². The smallest absolute Gasteiger partial charge is 0.219 e. The van der Waals surface area contributed by atoms with Crippen LogP contribution in [0.1, 0.15) is 34.1 Å². The highest BCUT2D eigenvalue weighted by Gasteiger charge is 2.73. The SMILES string of the molecule is CC12CC3(C)C[N+](C)(C1)C(C)(C)[N+](C)(C2)C3. The van der Waals surface area contributed by atoms with Crippen LogP contribution in [-0.2, 0) is 0 Å². The van der Waals surface area contributed by atoms with Crippen LogP contribution >= 0.6 is 0 Å². The molecular formula is C14H28N2+2. The van der Waals surface area contributed by atoms with Crippen LogP contribution < -0.4 is 0 Å². The average Bonchev–Trinajstić information content (AvgIpc) is 1.93. The van der Waals surface area contributed by atoms with Crippen LogP contribution in [0.15, 0.2) is 0 Å². The molecule has 0 atom stereocenters. The van der Waals surface area contributed by atoms with Gasteiger partial charge in [0.05, 0.1) is 51.1 Å². The molecule has 4 rings (SSSR count). The maximum absolute atomic E-state index is 2.53. The molecule has 16 heavy (non-hydrogen) atoms. The van der Waals surface area contributed by atoms with E-state index in [4.69, 9.17) is 0 Å². The van der Waals surface area contributed by atoms with Gasteiger partial charge in [0.1, 0.15) is 0 Å². The van der Waals surface area contributed by atoms with Gasteiger partial charge in [-0.1, -0.05) is 0 Å². The predicted molar refractivity (Wildman–Crippen MR) is 66.7 cm³/mol. The van der Waals surface area contributed by atoms with Crippen LogP contribution in [0.4, 0.5) is 0 Å². The van der Waals surface area contributed by atoms with Gasteiger partial charge in [0, 0.05) is 13.8 Å². The first-order valence-corrected chi connectivity index (χ1v) is 6.73. The zero-order chi connectivity index (χ0) is 12.0. The van der Waals surface area contributed by atoms with Gasteiger partial charge in [0.25, 0.3) is 0 Å². The van der Waals surface area contributed by atoms with E-state index in [1.807, 2.05) is 0 Å². The minimum atomic E-state index is 0.402. The molecule has 0 aromatic heterocycles. The van der Waals surface area contributed by atoms with E-state index in [1.54, 1.807) is 0 Å². The van der Waals surface area contributed by atoms with Crippen molar-refractivity contribution < 1.29 is 8.97 Å². The summed E-state index contributed by atoms with van der Waals surface area (Å²) in [5, 5.41) is 0. The number of nitrogens with zero attached hydrogens (tertiary/aromatic N) is 2. The molecule has 4 heterocycles. The van der Waals surface area contributed by atoms with Crippen molar-refractivity contribution in [2.24, 2.45) is 10.8 Å². The summed E-state index contributed by atoms with van der Waals surface area (Å²) in [6.45, 7) is 15.6. The molecule has 0 unspecified atom stereocenters. The van der Waals surface area contributed by atoms with Gasteiger partial charge in [-0.25, -0.2) is 0 Å². The third kappa shape index (κ3) is 1.01. The van der Waals surface area contributed by atoms with Crippen molar-refractivity contribution in [3.05, 3.63) is 0 Å². The van der Waals surface area contributed by atoms with Gasteiger partial charge in [0.15, 0.2) is 0 Å². The number of hydrogen-bond acceptors (Lipinski definition) is 0. The fourth-order valence-electron chi connectivity index (χ4n) is 6.19. The Morgan fingerprint density at radius 2 is 1.00 bits per heavy atom. The molecule has 0 saturated carbocycles. The van der Waals surface area contributed by atoms with Crippen LogP contribution in [0, 0.1) is 10.8 Å². The van der Waals surface area contributed by atoms with E-state index < -0.39 is 0 Å². The highest BCUT2D eigenvalue weighted by Crippen LogP contribution is 2.59. The molecule has 2 heteroatoms. The summed E-state index contributed by atoms with van der Waals surface area (Å²) in [4.78, 5) is 0. The van der Waals surface area contributed by atoms with Gasteiger partial charge in [-0.05, 0) is 20.3 Å². The minimum absolute atomic E-state index is 0.402. The Balaban J connectivity index is 2.18. The summed E-state index contributed by atoms with van der Waals surface area (Å²) in [6.07, 6.45) is 1.46. The lowest BCUT2D eigenvalue weighted by molar-refractivity contribution is -1.20. The molecule has 4 aliphatic rings. The van der Waals surface area contributed by atoms with Gasteiger partial charge in [0.2, 0.25) is 5.66 Å². The standard InChI is InChI=1S/C14H28N2/c1-12(2)15(5)8-13(3)7-14(4,10-15)11-16(12,6)9-13/h7-11H2,1-6H3/q+2. The fraction of sp³-hybridized carbons (Fsp3) is 1.00. The molecule has 0 spiro atoms. The highest BCUT2D eigenvalue weighted by molar-refractivity contribution is 4.98.